The lowest BCUT2D eigenvalue weighted by Gasteiger charge is -2.29. The lowest BCUT2D eigenvalue weighted by Crippen LogP contribution is -2.38. The number of nitrogens with two attached hydrogens (primary N) is 1. The van der Waals surface area contributed by atoms with Crippen LogP contribution in [0, 0.1) is 11.8 Å². The molecule has 2 N–H and O–H groups in total. The second-order valence-electron chi connectivity index (χ2n) is 5.95. The van der Waals surface area contributed by atoms with E-state index in [0.717, 1.165) is 28.5 Å². The summed E-state index contributed by atoms with van der Waals surface area (Å²) >= 11 is 9.70. The minimum Gasteiger partial charge on any atom is -0.327 e. The monoisotopic (exact) mass is 342 g/mol. The third kappa shape index (κ3) is 2.99. The van der Waals surface area contributed by atoms with E-state index in [1.807, 2.05) is 12.1 Å². The van der Waals surface area contributed by atoms with Crippen LogP contribution in [0.15, 0.2) is 22.7 Å². The molecule has 1 aromatic rings. The summed E-state index contributed by atoms with van der Waals surface area (Å²) in [5.41, 5.74) is 7.55. The van der Waals surface area contributed by atoms with E-state index in [-0.39, 0.29) is 0 Å². The minimum atomic E-state index is 0.409. The average molecular weight is 344 g/mol. The van der Waals surface area contributed by atoms with E-state index in [0.29, 0.717) is 12.0 Å². The first-order valence-corrected chi connectivity index (χ1v) is 8.22. The Hall–Kier alpha value is -0.0900. The molecule has 1 aliphatic carbocycles. The van der Waals surface area contributed by atoms with Crippen LogP contribution in [0.1, 0.15) is 24.8 Å². The molecule has 104 valence electrons. The second kappa shape index (κ2) is 5.72. The highest BCUT2D eigenvalue weighted by Gasteiger charge is 2.38. The van der Waals surface area contributed by atoms with Gasteiger partial charge in [0, 0.05) is 35.2 Å². The molecule has 3 unspecified atom stereocenters. The van der Waals surface area contributed by atoms with Gasteiger partial charge in [0.05, 0.1) is 0 Å². The van der Waals surface area contributed by atoms with Crippen molar-refractivity contribution in [1.82, 2.24) is 4.90 Å². The van der Waals surface area contributed by atoms with Crippen molar-refractivity contribution in [1.29, 1.82) is 0 Å². The predicted octanol–water partition coefficient (Wildman–Crippen LogP) is 3.66. The summed E-state index contributed by atoms with van der Waals surface area (Å²) in [5, 5.41) is 0.812. The van der Waals surface area contributed by atoms with Gasteiger partial charge in [-0.25, -0.2) is 0 Å². The predicted molar refractivity (Wildman–Crippen MR) is 83.2 cm³/mol. The molecule has 19 heavy (non-hydrogen) atoms. The quantitative estimate of drug-likeness (QED) is 0.888. The van der Waals surface area contributed by atoms with Crippen molar-refractivity contribution in [3.63, 3.8) is 0 Å². The molecule has 1 saturated heterocycles. The van der Waals surface area contributed by atoms with Gasteiger partial charge in [-0.2, -0.15) is 0 Å². The largest absolute Gasteiger partial charge is 0.327 e. The molecule has 3 rings (SSSR count). The third-order valence-corrected chi connectivity index (χ3v) is 5.64. The Morgan fingerprint density at radius 3 is 2.95 bits per heavy atom. The maximum absolute atomic E-state index is 6.27. The highest BCUT2D eigenvalue weighted by molar-refractivity contribution is 9.10. The molecule has 0 aromatic heterocycles. The number of hydrogen-bond acceptors (Lipinski definition) is 2. The van der Waals surface area contributed by atoms with E-state index >= 15 is 0 Å². The number of nitrogens with zero attached hydrogens (tertiary/aromatic N) is 1. The van der Waals surface area contributed by atoms with E-state index in [2.05, 4.69) is 26.9 Å². The van der Waals surface area contributed by atoms with Crippen LogP contribution in [-0.2, 0) is 6.54 Å². The number of likely N-dealkylation sites (tertiary alicyclic amines) is 1. The fourth-order valence-electron chi connectivity index (χ4n) is 3.64. The maximum atomic E-state index is 6.27. The number of halogens is 2. The zero-order chi connectivity index (χ0) is 13.4. The smallest absolute Gasteiger partial charge is 0.0410 e. The summed E-state index contributed by atoms with van der Waals surface area (Å²) in [6.45, 7) is 3.31. The highest BCUT2D eigenvalue weighted by Crippen LogP contribution is 2.36. The molecule has 1 aliphatic heterocycles. The van der Waals surface area contributed by atoms with Gasteiger partial charge in [0.25, 0.3) is 0 Å². The molecule has 1 saturated carbocycles. The molecular formula is C15H20BrClN2. The molecule has 0 amide bonds. The molecular weight excluding hydrogens is 324 g/mol. The topological polar surface area (TPSA) is 29.3 Å². The summed E-state index contributed by atoms with van der Waals surface area (Å²) in [4.78, 5) is 2.54. The zero-order valence-electron chi connectivity index (χ0n) is 11.0. The van der Waals surface area contributed by atoms with Crippen molar-refractivity contribution in [2.45, 2.75) is 31.8 Å². The number of fused-ring (bicyclic) bond motifs is 1. The van der Waals surface area contributed by atoms with Crippen molar-refractivity contribution >= 4 is 27.5 Å². The standard InChI is InChI=1S/C15H20BrClN2/c16-14-5-4-12(17)6-11(14)8-19-7-10-2-1-3-15(18)13(10)9-19/h4-6,10,13,15H,1-3,7-9,18H2. The maximum Gasteiger partial charge on any atom is 0.0410 e. The highest BCUT2D eigenvalue weighted by atomic mass is 79.9. The van der Waals surface area contributed by atoms with Crippen LogP contribution in [0.25, 0.3) is 0 Å². The first-order chi connectivity index (χ1) is 9.13. The van der Waals surface area contributed by atoms with Gasteiger partial charge in [-0.3, -0.25) is 4.90 Å². The van der Waals surface area contributed by atoms with Crippen LogP contribution in [0.3, 0.4) is 0 Å². The van der Waals surface area contributed by atoms with Crippen LogP contribution in [0.5, 0.6) is 0 Å². The normalized spacial score (nSPS) is 31.4. The molecule has 0 spiro atoms. The Bertz CT molecular complexity index is 465. The van der Waals surface area contributed by atoms with Gasteiger partial charge in [-0.15, -0.1) is 0 Å². The van der Waals surface area contributed by atoms with Gasteiger partial charge in [0.1, 0.15) is 0 Å². The summed E-state index contributed by atoms with van der Waals surface area (Å²) in [7, 11) is 0. The Labute approximate surface area is 128 Å². The first-order valence-electron chi connectivity index (χ1n) is 7.05. The van der Waals surface area contributed by atoms with Crippen LogP contribution >= 0.6 is 27.5 Å². The van der Waals surface area contributed by atoms with E-state index in [1.54, 1.807) is 0 Å². The molecule has 0 bridgehead atoms. The van der Waals surface area contributed by atoms with E-state index in [9.17, 15) is 0 Å². The van der Waals surface area contributed by atoms with Gasteiger partial charge in [-0.1, -0.05) is 34.0 Å². The van der Waals surface area contributed by atoms with E-state index < -0.39 is 0 Å². The van der Waals surface area contributed by atoms with Crippen LogP contribution in [0.4, 0.5) is 0 Å². The van der Waals surface area contributed by atoms with Crippen molar-refractivity contribution in [2.24, 2.45) is 17.6 Å². The first kappa shape index (κ1) is 13.9. The number of rotatable bonds is 2. The average Bonchev–Trinajstić information content (AvgIpc) is 2.78. The molecule has 4 heteroatoms. The van der Waals surface area contributed by atoms with Crippen molar-refractivity contribution in [3.05, 3.63) is 33.3 Å². The number of hydrogen-bond donors (Lipinski definition) is 1. The van der Waals surface area contributed by atoms with E-state index in [1.165, 1.54) is 31.4 Å². The molecule has 3 atom stereocenters. The summed E-state index contributed by atoms with van der Waals surface area (Å²) in [6, 6.07) is 6.43. The van der Waals surface area contributed by atoms with Gasteiger partial charge in [-0.05, 0) is 48.4 Å². The molecule has 1 aromatic carbocycles. The van der Waals surface area contributed by atoms with Crippen LogP contribution < -0.4 is 5.73 Å². The molecule has 1 heterocycles. The SMILES string of the molecule is NC1CCCC2CN(Cc3cc(Cl)ccc3Br)CC12. The van der Waals surface area contributed by atoms with Crippen molar-refractivity contribution < 1.29 is 0 Å². The zero-order valence-corrected chi connectivity index (χ0v) is 13.3. The molecule has 2 fully saturated rings. The lowest BCUT2D eigenvalue weighted by molar-refractivity contribution is 0.259. The minimum absolute atomic E-state index is 0.409. The van der Waals surface area contributed by atoms with Crippen LogP contribution in [0.2, 0.25) is 5.02 Å². The van der Waals surface area contributed by atoms with Gasteiger partial charge in [0.15, 0.2) is 0 Å². The van der Waals surface area contributed by atoms with Gasteiger partial charge in [0.2, 0.25) is 0 Å². The summed E-state index contributed by atoms with van der Waals surface area (Å²) < 4.78 is 1.15. The summed E-state index contributed by atoms with van der Waals surface area (Å²) in [6.07, 6.45) is 3.86. The second-order valence-corrected chi connectivity index (χ2v) is 7.24. The lowest BCUT2D eigenvalue weighted by atomic mass is 9.78. The molecule has 2 aliphatic rings. The Morgan fingerprint density at radius 2 is 2.16 bits per heavy atom. The molecule has 0 radical (unpaired) electrons. The third-order valence-electron chi connectivity index (χ3n) is 4.63. The fourth-order valence-corrected chi connectivity index (χ4v) is 4.21. The fraction of sp³-hybridized carbons (Fsp3) is 0.600. The van der Waals surface area contributed by atoms with Gasteiger partial charge >= 0.3 is 0 Å². The van der Waals surface area contributed by atoms with Crippen molar-refractivity contribution in [3.8, 4) is 0 Å². The Kier molecular flexibility index (Phi) is 4.18. The molecule has 2 nitrogen and oxygen atoms in total. The number of benzene rings is 1. The Balaban J connectivity index is 1.70. The van der Waals surface area contributed by atoms with E-state index in [4.69, 9.17) is 17.3 Å². The van der Waals surface area contributed by atoms with Gasteiger partial charge < -0.3 is 5.73 Å². The summed E-state index contributed by atoms with van der Waals surface area (Å²) in [5.74, 6) is 1.51. The van der Waals surface area contributed by atoms with Crippen molar-refractivity contribution in [2.75, 3.05) is 13.1 Å². The Morgan fingerprint density at radius 1 is 1.32 bits per heavy atom. The van der Waals surface area contributed by atoms with Crippen LogP contribution in [-0.4, -0.2) is 24.0 Å².